The van der Waals surface area contributed by atoms with E-state index in [2.05, 4.69) is 5.32 Å². The van der Waals surface area contributed by atoms with Crippen molar-refractivity contribution < 1.29 is 4.74 Å². The van der Waals surface area contributed by atoms with Gasteiger partial charge in [0.2, 0.25) is 0 Å². The molecule has 0 saturated carbocycles. The van der Waals surface area contributed by atoms with Crippen molar-refractivity contribution in [3.05, 3.63) is 27.7 Å². The number of hydrogen-bond donors (Lipinski definition) is 1. The van der Waals surface area contributed by atoms with Gasteiger partial charge in [0.05, 0.1) is 17.3 Å². The number of anilines is 1. The molecule has 1 unspecified atom stereocenters. The quantitative estimate of drug-likeness (QED) is 0.870. The monoisotopic (exact) mass is 259 g/mol. The highest BCUT2D eigenvalue weighted by Gasteiger charge is 2.15. The van der Waals surface area contributed by atoms with E-state index < -0.39 is 0 Å². The maximum atomic E-state index is 6.16. The molecule has 1 saturated heterocycles. The zero-order valence-electron chi connectivity index (χ0n) is 9.22. The van der Waals surface area contributed by atoms with Gasteiger partial charge in [0.15, 0.2) is 0 Å². The molecule has 0 aliphatic carbocycles. The number of nitrogens with one attached hydrogen (secondary N) is 1. The molecule has 1 heterocycles. The number of ether oxygens (including phenoxy) is 1. The fourth-order valence-corrected chi connectivity index (χ4v) is 2.27. The van der Waals surface area contributed by atoms with Gasteiger partial charge in [-0.2, -0.15) is 0 Å². The van der Waals surface area contributed by atoms with Crippen LogP contribution in [0.1, 0.15) is 18.4 Å². The highest BCUT2D eigenvalue weighted by Crippen LogP contribution is 2.29. The first-order valence-electron chi connectivity index (χ1n) is 5.47. The summed E-state index contributed by atoms with van der Waals surface area (Å²) in [5, 5.41) is 4.83. The SMILES string of the molecule is Cc1cc(Cl)c(NC2CCCOC2)cc1Cl. The molecule has 0 radical (unpaired) electrons. The van der Waals surface area contributed by atoms with Gasteiger partial charge in [-0.25, -0.2) is 0 Å². The van der Waals surface area contributed by atoms with Crippen LogP contribution < -0.4 is 5.32 Å². The first-order chi connectivity index (χ1) is 7.66. The smallest absolute Gasteiger partial charge is 0.0667 e. The molecule has 1 aliphatic rings. The number of rotatable bonds is 2. The van der Waals surface area contributed by atoms with Gasteiger partial charge in [0.1, 0.15) is 0 Å². The van der Waals surface area contributed by atoms with Crippen LogP contribution in [0.3, 0.4) is 0 Å². The van der Waals surface area contributed by atoms with Crippen LogP contribution in [0.5, 0.6) is 0 Å². The van der Waals surface area contributed by atoms with Crippen LogP contribution in [-0.4, -0.2) is 19.3 Å². The third-order valence-electron chi connectivity index (χ3n) is 2.77. The summed E-state index contributed by atoms with van der Waals surface area (Å²) < 4.78 is 5.41. The Morgan fingerprint density at radius 1 is 1.31 bits per heavy atom. The first kappa shape index (κ1) is 12.0. The van der Waals surface area contributed by atoms with E-state index in [4.69, 9.17) is 27.9 Å². The molecule has 2 rings (SSSR count). The zero-order valence-corrected chi connectivity index (χ0v) is 10.7. The van der Waals surface area contributed by atoms with E-state index in [1.807, 2.05) is 19.1 Å². The summed E-state index contributed by atoms with van der Waals surface area (Å²) in [5.41, 5.74) is 1.89. The Bertz CT molecular complexity index is 376. The number of aryl methyl sites for hydroxylation is 1. The molecule has 1 N–H and O–H groups in total. The van der Waals surface area contributed by atoms with Crippen molar-refractivity contribution >= 4 is 28.9 Å². The standard InChI is InChI=1S/C12H15Cl2NO/c1-8-5-11(14)12(6-10(8)13)15-9-3-2-4-16-7-9/h5-6,9,15H,2-4,7H2,1H3. The first-order valence-corrected chi connectivity index (χ1v) is 6.22. The van der Waals surface area contributed by atoms with Crippen molar-refractivity contribution in [2.75, 3.05) is 18.5 Å². The Labute approximate surface area is 106 Å². The van der Waals surface area contributed by atoms with E-state index >= 15 is 0 Å². The predicted octanol–water partition coefficient (Wildman–Crippen LogP) is 3.89. The van der Waals surface area contributed by atoms with E-state index in [1.54, 1.807) is 0 Å². The highest BCUT2D eigenvalue weighted by atomic mass is 35.5. The number of hydrogen-bond acceptors (Lipinski definition) is 2. The van der Waals surface area contributed by atoms with Crippen LogP contribution in [0.15, 0.2) is 12.1 Å². The second kappa shape index (κ2) is 5.26. The van der Waals surface area contributed by atoms with Crippen molar-refractivity contribution in [3.8, 4) is 0 Å². The van der Waals surface area contributed by atoms with Crippen molar-refractivity contribution in [2.24, 2.45) is 0 Å². The molecule has 0 spiro atoms. The molecule has 88 valence electrons. The van der Waals surface area contributed by atoms with Gasteiger partial charge in [-0.05, 0) is 37.5 Å². The predicted molar refractivity (Wildman–Crippen MR) is 68.7 cm³/mol. The normalized spacial score (nSPS) is 20.8. The lowest BCUT2D eigenvalue weighted by Crippen LogP contribution is -2.30. The lowest BCUT2D eigenvalue weighted by molar-refractivity contribution is 0.0876. The number of benzene rings is 1. The van der Waals surface area contributed by atoms with Gasteiger partial charge in [-0.15, -0.1) is 0 Å². The Morgan fingerprint density at radius 3 is 2.81 bits per heavy atom. The van der Waals surface area contributed by atoms with Crippen molar-refractivity contribution in [1.29, 1.82) is 0 Å². The second-order valence-corrected chi connectivity index (χ2v) is 4.95. The molecule has 4 heteroatoms. The van der Waals surface area contributed by atoms with E-state index in [0.29, 0.717) is 11.1 Å². The summed E-state index contributed by atoms with van der Waals surface area (Å²) in [6.07, 6.45) is 2.21. The summed E-state index contributed by atoms with van der Waals surface area (Å²) in [7, 11) is 0. The van der Waals surface area contributed by atoms with Gasteiger partial charge in [0, 0.05) is 17.7 Å². The summed E-state index contributed by atoms with van der Waals surface area (Å²) >= 11 is 12.2. The van der Waals surface area contributed by atoms with Crippen molar-refractivity contribution in [2.45, 2.75) is 25.8 Å². The topological polar surface area (TPSA) is 21.3 Å². The van der Waals surface area contributed by atoms with Crippen LogP contribution in [0.25, 0.3) is 0 Å². The Kier molecular flexibility index (Phi) is 3.95. The van der Waals surface area contributed by atoms with E-state index in [9.17, 15) is 0 Å². The van der Waals surface area contributed by atoms with Gasteiger partial charge in [0.25, 0.3) is 0 Å². The third-order valence-corrected chi connectivity index (χ3v) is 3.49. The van der Waals surface area contributed by atoms with E-state index in [-0.39, 0.29) is 0 Å². The molecular weight excluding hydrogens is 245 g/mol. The van der Waals surface area contributed by atoms with Crippen LogP contribution in [0, 0.1) is 6.92 Å². The Morgan fingerprint density at radius 2 is 2.12 bits per heavy atom. The third kappa shape index (κ3) is 2.82. The van der Waals surface area contributed by atoms with Gasteiger partial charge in [-0.1, -0.05) is 23.2 Å². The molecule has 1 fully saturated rings. The Balaban J connectivity index is 2.11. The van der Waals surface area contributed by atoms with Gasteiger partial charge >= 0.3 is 0 Å². The van der Waals surface area contributed by atoms with Crippen molar-refractivity contribution in [3.63, 3.8) is 0 Å². The Hall–Kier alpha value is -0.440. The largest absolute Gasteiger partial charge is 0.379 e. The molecular formula is C12H15Cl2NO. The summed E-state index contributed by atoms with van der Waals surface area (Å²) in [5.74, 6) is 0. The molecule has 1 aromatic rings. The van der Waals surface area contributed by atoms with Crippen molar-refractivity contribution in [1.82, 2.24) is 0 Å². The van der Waals surface area contributed by atoms with E-state index in [1.165, 1.54) is 0 Å². The summed E-state index contributed by atoms with van der Waals surface area (Å²) in [4.78, 5) is 0. The molecule has 0 aromatic heterocycles. The molecule has 1 aliphatic heterocycles. The molecule has 1 atom stereocenters. The van der Waals surface area contributed by atoms with Crippen LogP contribution in [0.4, 0.5) is 5.69 Å². The lowest BCUT2D eigenvalue weighted by atomic mass is 10.1. The molecule has 2 nitrogen and oxygen atoms in total. The maximum absolute atomic E-state index is 6.16. The highest BCUT2D eigenvalue weighted by molar-refractivity contribution is 6.35. The minimum absolute atomic E-state index is 0.338. The van der Waals surface area contributed by atoms with Crippen LogP contribution in [-0.2, 0) is 4.74 Å². The fourth-order valence-electron chi connectivity index (χ4n) is 1.83. The van der Waals surface area contributed by atoms with Crippen LogP contribution >= 0.6 is 23.2 Å². The number of halogens is 2. The minimum Gasteiger partial charge on any atom is -0.379 e. The van der Waals surface area contributed by atoms with Crippen LogP contribution in [0.2, 0.25) is 10.0 Å². The molecule has 16 heavy (non-hydrogen) atoms. The summed E-state index contributed by atoms with van der Waals surface area (Å²) in [6, 6.07) is 4.11. The average Bonchev–Trinajstić information content (AvgIpc) is 2.27. The molecule has 1 aromatic carbocycles. The fraction of sp³-hybridized carbons (Fsp3) is 0.500. The average molecular weight is 260 g/mol. The molecule has 0 bridgehead atoms. The summed E-state index contributed by atoms with van der Waals surface area (Å²) in [6.45, 7) is 3.55. The molecule has 0 amide bonds. The van der Waals surface area contributed by atoms with Gasteiger partial charge in [-0.3, -0.25) is 0 Å². The second-order valence-electron chi connectivity index (χ2n) is 4.14. The minimum atomic E-state index is 0.338. The maximum Gasteiger partial charge on any atom is 0.0667 e. The lowest BCUT2D eigenvalue weighted by Gasteiger charge is -2.24. The van der Waals surface area contributed by atoms with E-state index in [0.717, 1.165) is 42.3 Å². The zero-order chi connectivity index (χ0) is 11.5. The van der Waals surface area contributed by atoms with Gasteiger partial charge < -0.3 is 10.1 Å².